The molecule has 84 valence electrons. The third kappa shape index (κ3) is 4.14. The highest BCUT2D eigenvalue weighted by Gasteiger charge is 2.11. The van der Waals surface area contributed by atoms with E-state index in [-0.39, 0.29) is 6.04 Å². The molecule has 1 aromatic rings. The van der Waals surface area contributed by atoms with Crippen molar-refractivity contribution >= 4 is 10.8 Å². The molecule has 2 unspecified atom stereocenters. The molecule has 0 aliphatic heterocycles. The van der Waals surface area contributed by atoms with Crippen LogP contribution in [0.4, 0.5) is 0 Å². The average molecular weight is 225 g/mol. The van der Waals surface area contributed by atoms with E-state index in [9.17, 15) is 4.21 Å². The summed E-state index contributed by atoms with van der Waals surface area (Å²) in [7, 11) is -0.765. The summed E-state index contributed by atoms with van der Waals surface area (Å²) in [6, 6.07) is 8.61. The molecule has 1 rings (SSSR count). The molecule has 0 radical (unpaired) electrons. The second-order valence-corrected chi connectivity index (χ2v) is 5.24. The lowest BCUT2D eigenvalue weighted by Gasteiger charge is -2.17. The molecule has 0 aliphatic rings. The molecule has 0 aliphatic carbocycles. The predicted molar refractivity (Wildman–Crippen MR) is 66.5 cm³/mol. The van der Waals surface area contributed by atoms with Crippen molar-refractivity contribution in [2.45, 2.75) is 19.9 Å². The summed E-state index contributed by atoms with van der Waals surface area (Å²) in [5.41, 5.74) is 2.48. The minimum absolute atomic E-state index is 0.210. The summed E-state index contributed by atoms with van der Waals surface area (Å²) in [5, 5.41) is 3.36. The van der Waals surface area contributed by atoms with Gasteiger partial charge in [-0.05, 0) is 19.0 Å². The van der Waals surface area contributed by atoms with E-state index in [0.717, 1.165) is 6.54 Å². The van der Waals surface area contributed by atoms with E-state index in [4.69, 9.17) is 0 Å². The monoisotopic (exact) mass is 225 g/mol. The first-order valence-corrected chi connectivity index (χ1v) is 6.96. The topological polar surface area (TPSA) is 29.1 Å². The van der Waals surface area contributed by atoms with Crippen molar-refractivity contribution in [1.82, 2.24) is 5.32 Å². The predicted octanol–water partition coefficient (Wildman–Crippen LogP) is 2.02. The van der Waals surface area contributed by atoms with Crippen molar-refractivity contribution in [2.24, 2.45) is 0 Å². The second kappa shape index (κ2) is 6.03. The van der Waals surface area contributed by atoms with E-state index in [1.165, 1.54) is 11.1 Å². The van der Waals surface area contributed by atoms with Crippen molar-refractivity contribution < 1.29 is 4.21 Å². The number of hydrogen-bond acceptors (Lipinski definition) is 2. The molecule has 1 aromatic carbocycles. The van der Waals surface area contributed by atoms with Gasteiger partial charge in [-0.3, -0.25) is 4.21 Å². The number of rotatable bonds is 5. The normalized spacial score (nSPS) is 14.9. The molecule has 0 fully saturated rings. The van der Waals surface area contributed by atoms with Gasteiger partial charge in [-0.15, -0.1) is 0 Å². The lowest BCUT2D eigenvalue weighted by molar-refractivity contribution is 0.595. The molecule has 0 spiro atoms. The Morgan fingerprint density at radius 2 is 1.93 bits per heavy atom. The van der Waals surface area contributed by atoms with Gasteiger partial charge in [-0.1, -0.05) is 36.8 Å². The van der Waals surface area contributed by atoms with Gasteiger partial charge >= 0.3 is 0 Å². The molecule has 1 N–H and O–H groups in total. The molecule has 0 saturated heterocycles. The van der Waals surface area contributed by atoms with Crippen LogP contribution in [0.15, 0.2) is 24.3 Å². The van der Waals surface area contributed by atoms with Crippen molar-refractivity contribution in [3.05, 3.63) is 35.4 Å². The Balaban J connectivity index is 2.78. The Morgan fingerprint density at radius 3 is 2.40 bits per heavy atom. The Hall–Kier alpha value is -0.670. The van der Waals surface area contributed by atoms with Crippen LogP contribution in [0.1, 0.15) is 24.1 Å². The highest BCUT2D eigenvalue weighted by atomic mass is 32.2. The number of hydrogen-bond donors (Lipinski definition) is 1. The summed E-state index contributed by atoms with van der Waals surface area (Å²) in [5.74, 6) is 0.677. The van der Waals surface area contributed by atoms with Gasteiger partial charge in [0.25, 0.3) is 0 Å². The first kappa shape index (κ1) is 12.4. The highest BCUT2D eigenvalue weighted by molar-refractivity contribution is 7.84. The molecule has 0 saturated carbocycles. The first-order valence-electron chi connectivity index (χ1n) is 5.23. The average Bonchev–Trinajstić information content (AvgIpc) is 2.17. The summed E-state index contributed by atoms with van der Waals surface area (Å²) in [6.07, 6.45) is 1.75. The van der Waals surface area contributed by atoms with Gasteiger partial charge in [-0.2, -0.15) is 0 Å². The van der Waals surface area contributed by atoms with E-state index in [1.807, 2.05) is 0 Å². The lowest BCUT2D eigenvalue weighted by Crippen LogP contribution is -2.25. The molecule has 3 heteroatoms. The van der Waals surface area contributed by atoms with E-state index >= 15 is 0 Å². The van der Waals surface area contributed by atoms with Gasteiger partial charge in [0.1, 0.15) is 0 Å². The van der Waals surface area contributed by atoms with E-state index in [0.29, 0.717) is 5.75 Å². The molecule has 0 aromatic heterocycles. The molecule has 15 heavy (non-hydrogen) atoms. The zero-order valence-electron chi connectivity index (χ0n) is 9.62. The zero-order valence-corrected chi connectivity index (χ0v) is 10.4. The maximum Gasteiger partial charge on any atom is 0.0436 e. The minimum atomic E-state index is -0.765. The van der Waals surface area contributed by atoms with Crippen molar-refractivity contribution in [2.75, 3.05) is 18.6 Å². The molecule has 2 nitrogen and oxygen atoms in total. The highest BCUT2D eigenvalue weighted by Crippen LogP contribution is 2.14. The minimum Gasteiger partial charge on any atom is -0.309 e. The SMILES string of the molecule is CCNC(CS(C)=O)c1ccc(C)cc1. The van der Waals surface area contributed by atoms with E-state index < -0.39 is 10.8 Å². The third-order valence-corrected chi connectivity index (χ3v) is 3.13. The third-order valence-electron chi connectivity index (χ3n) is 2.33. The van der Waals surface area contributed by atoms with Crippen LogP contribution >= 0.6 is 0 Å². The molecular formula is C12H19NOS. The fourth-order valence-electron chi connectivity index (χ4n) is 1.55. The van der Waals surface area contributed by atoms with Crippen LogP contribution < -0.4 is 5.32 Å². The van der Waals surface area contributed by atoms with Gasteiger partial charge < -0.3 is 5.32 Å². The van der Waals surface area contributed by atoms with Gasteiger partial charge in [-0.25, -0.2) is 0 Å². The van der Waals surface area contributed by atoms with Crippen LogP contribution in [0.25, 0.3) is 0 Å². The van der Waals surface area contributed by atoms with Crippen LogP contribution in [-0.2, 0) is 10.8 Å². The Morgan fingerprint density at radius 1 is 1.33 bits per heavy atom. The molecule has 2 atom stereocenters. The van der Waals surface area contributed by atoms with Crippen molar-refractivity contribution in [3.63, 3.8) is 0 Å². The van der Waals surface area contributed by atoms with Gasteiger partial charge in [0.15, 0.2) is 0 Å². The number of aryl methyl sites for hydroxylation is 1. The van der Waals surface area contributed by atoms with E-state index in [1.54, 1.807) is 6.26 Å². The fraction of sp³-hybridized carbons (Fsp3) is 0.500. The molecule has 0 heterocycles. The van der Waals surface area contributed by atoms with Crippen LogP contribution in [0, 0.1) is 6.92 Å². The van der Waals surface area contributed by atoms with Crippen LogP contribution in [-0.4, -0.2) is 22.8 Å². The van der Waals surface area contributed by atoms with Gasteiger partial charge in [0, 0.05) is 28.9 Å². The fourth-order valence-corrected chi connectivity index (χ4v) is 2.33. The van der Waals surface area contributed by atoms with Crippen molar-refractivity contribution in [1.29, 1.82) is 0 Å². The molecule has 0 amide bonds. The lowest BCUT2D eigenvalue weighted by atomic mass is 10.1. The first-order chi connectivity index (χ1) is 7.13. The molecular weight excluding hydrogens is 206 g/mol. The summed E-state index contributed by atoms with van der Waals surface area (Å²) in [4.78, 5) is 0. The van der Waals surface area contributed by atoms with Crippen LogP contribution in [0.5, 0.6) is 0 Å². The second-order valence-electron chi connectivity index (χ2n) is 3.76. The maximum atomic E-state index is 11.2. The van der Waals surface area contributed by atoms with Gasteiger partial charge in [0.2, 0.25) is 0 Å². The van der Waals surface area contributed by atoms with Gasteiger partial charge in [0.05, 0.1) is 0 Å². The van der Waals surface area contributed by atoms with Crippen LogP contribution in [0.3, 0.4) is 0 Å². The number of benzene rings is 1. The van der Waals surface area contributed by atoms with E-state index in [2.05, 4.69) is 43.4 Å². The summed E-state index contributed by atoms with van der Waals surface area (Å²) < 4.78 is 11.2. The summed E-state index contributed by atoms with van der Waals surface area (Å²) >= 11 is 0. The number of nitrogens with one attached hydrogen (secondary N) is 1. The Bertz CT molecular complexity index is 321. The smallest absolute Gasteiger partial charge is 0.0436 e. The summed E-state index contributed by atoms with van der Waals surface area (Å²) in [6.45, 7) is 5.04. The van der Waals surface area contributed by atoms with Crippen LogP contribution in [0.2, 0.25) is 0 Å². The maximum absolute atomic E-state index is 11.2. The standard InChI is InChI=1S/C12H19NOS/c1-4-13-12(9-15(3)14)11-7-5-10(2)6-8-11/h5-8,12-13H,4,9H2,1-3H3. The van der Waals surface area contributed by atoms with Crippen molar-refractivity contribution in [3.8, 4) is 0 Å². The molecule has 0 bridgehead atoms. The largest absolute Gasteiger partial charge is 0.309 e. The zero-order chi connectivity index (χ0) is 11.3. The quantitative estimate of drug-likeness (QED) is 0.830. The Kier molecular flexibility index (Phi) is 4.99. The Labute approximate surface area is 94.5 Å².